The molecule has 0 atom stereocenters. The fraction of sp³-hybridized carbons (Fsp3) is 0.222. The molecule has 3 N–H and O–H groups in total. The highest BCUT2D eigenvalue weighted by atomic mass is 32.1. The third-order valence-corrected chi connectivity index (χ3v) is 1.87. The molecule has 0 aromatic heterocycles. The number of thiocarbonyl (C=S) groups is 1. The second kappa shape index (κ2) is 4.56. The number of hydrogen-bond acceptors (Lipinski definition) is 2. The van der Waals surface area contributed by atoms with E-state index in [9.17, 15) is 13.2 Å². The molecule has 16 heavy (non-hydrogen) atoms. The van der Waals surface area contributed by atoms with Gasteiger partial charge in [0.25, 0.3) is 0 Å². The molecule has 7 heteroatoms. The molecule has 0 aliphatic rings. The average molecular weight is 250 g/mol. The van der Waals surface area contributed by atoms with Gasteiger partial charge in [-0.15, -0.1) is 0 Å². The highest BCUT2D eigenvalue weighted by Crippen LogP contribution is 2.37. The van der Waals surface area contributed by atoms with Crippen molar-refractivity contribution >= 4 is 23.0 Å². The number of hydrogen-bond donors (Lipinski definition) is 2. The lowest BCUT2D eigenvalue weighted by Crippen LogP contribution is -2.19. The van der Waals surface area contributed by atoms with E-state index in [4.69, 9.17) is 5.73 Å². The maximum atomic E-state index is 12.6. The van der Waals surface area contributed by atoms with Crippen LogP contribution < -0.4 is 15.8 Å². The first-order chi connectivity index (χ1) is 7.34. The van der Waals surface area contributed by atoms with Crippen molar-refractivity contribution in [3.63, 3.8) is 0 Å². The molecule has 0 aliphatic heterocycles. The van der Waals surface area contributed by atoms with E-state index in [0.29, 0.717) is 0 Å². The molecule has 0 fully saturated rings. The van der Waals surface area contributed by atoms with Gasteiger partial charge in [-0.3, -0.25) is 0 Å². The maximum Gasteiger partial charge on any atom is 0.420 e. The molecule has 1 rings (SSSR count). The van der Waals surface area contributed by atoms with E-state index in [-0.39, 0.29) is 16.5 Å². The van der Waals surface area contributed by atoms with Crippen LogP contribution in [-0.2, 0) is 6.18 Å². The molecule has 0 aliphatic carbocycles. The smallest absolute Gasteiger partial charge is 0.420 e. The van der Waals surface area contributed by atoms with E-state index in [1.54, 1.807) is 0 Å². The average Bonchev–Trinajstić information content (AvgIpc) is 2.15. The van der Waals surface area contributed by atoms with Gasteiger partial charge in [0, 0.05) is 5.69 Å². The van der Waals surface area contributed by atoms with Crippen molar-refractivity contribution in [2.24, 2.45) is 5.73 Å². The first-order valence-corrected chi connectivity index (χ1v) is 4.57. The van der Waals surface area contributed by atoms with Gasteiger partial charge in [0.05, 0.1) is 12.7 Å². The number of alkyl halides is 3. The summed E-state index contributed by atoms with van der Waals surface area (Å²) in [5, 5.41) is 2.32. The minimum atomic E-state index is -4.49. The van der Waals surface area contributed by atoms with E-state index in [0.717, 1.165) is 6.07 Å². The Morgan fingerprint density at radius 1 is 1.44 bits per heavy atom. The maximum absolute atomic E-state index is 12.6. The third-order valence-electron chi connectivity index (χ3n) is 1.77. The van der Waals surface area contributed by atoms with Crippen molar-refractivity contribution in [3.05, 3.63) is 23.8 Å². The number of methoxy groups -OCH3 is 1. The van der Waals surface area contributed by atoms with Crippen molar-refractivity contribution in [1.82, 2.24) is 0 Å². The molecular weight excluding hydrogens is 241 g/mol. The summed E-state index contributed by atoms with van der Waals surface area (Å²) in [6, 6.07) is 3.48. The molecular formula is C9H9F3N2OS. The fourth-order valence-corrected chi connectivity index (χ4v) is 1.27. The van der Waals surface area contributed by atoms with Gasteiger partial charge in [0.2, 0.25) is 0 Å². The van der Waals surface area contributed by atoms with Crippen molar-refractivity contribution in [1.29, 1.82) is 0 Å². The highest BCUT2D eigenvalue weighted by Gasteiger charge is 2.34. The Morgan fingerprint density at radius 3 is 2.50 bits per heavy atom. The molecule has 0 amide bonds. The molecule has 3 nitrogen and oxygen atoms in total. The molecule has 1 aromatic carbocycles. The summed E-state index contributed by atoms with van der Waals surface area (Å²) in [7, 11) is 1.17. The summed E-state index contributed by atoms with van der Waals surface area (Å²) in [6.07, 6.45) is -4.49. The number of benzene rings is 1. The Bertz CT molecular complexity index is 406. The summed E-state index contributed by atoms with van der Waals surface area (Å²) in [5.74, 6) is -0.249. The molecule has 1 aromatic rings. The van der Waals surface area contributed by atoms with Crippen LogP contribution in [0.5, 0.6) is 5.75 Å². The van der Waals surface area contributed by atoms with Crippen LogP contribution in [0, 0.1) is 0 Å². The quantitative estimate of drug-likeness (QED) is 0.791. The summed E-state index contributed by atoms with van der Waals surface area (Å²) < 4.78 is 42.4. The predicted octanol–water partition coefficient (Wildman–Crippen LogP) is 2.37. The minimum Gasteiger partial charge on any atom is -0.496 e. The van der Waals surface area contributed by atoms with Crippen molar-refractivity contribution in [2.75, 3.05) is 12.4 Å². The van der Waals surface area contributed by atoms with E-state index >= 15 is 0 Å². The van der Waals surface area contributed by atoms with Crippen LogP contribution in [0.4, 0.5) is 18.9 Å². The normalized spacial score (nSPS) is 11.0. The van der Waals surface area contributed by atoms with Crippen molar-refractivity contribution in [2.45, 2.75) is 6.18 Å². The van der Waals surface area contributed by atoms with Gasteiger partial charge in [-0.05, 0) is 30.4 Å². The van der Waals surface area contributed by atoms with E-state index in [2.05, 4.69) is 22.3 Å². The number of anilines is 1. The van der Waals surface area contributed by atoms with Gasteiger partial charge < -0.3 is 15.8 Å². The van der Waals surface area contributed by atoms with Crippen LogP contribution in [0.25, 0.3) is 0 Å². The van der Waals surface area contributed by atoms with Crippen LogP contribution in [0.15, 0.2) is 18.2 Å². The van der Waals surface area contributed by atoms with E-state index < -0.39 is 11.7 Å². The molecule has 0 unspecified atom stereocenters. The first kappa shape index (κ1) is 12.6. The number of rotatable bonds is 2. The SMILES string of the molecule is COc1ccc(NC(N)=S)cc1C(F)(F)F. The van der Waals surface area contributed by atoms with Crippen molar-refractivity contribution < 1.29 is 17.9 Å². The summed E-state index contributed by atoms with van der Waals surface area (Å²) in [4.78, 5) is 0. The summed E-state index contributed by atoms with van der Waals surface area (Å²) in [6.45, 7) is 0. The molecule has 0 saturated heterocycles. The van der Waals surface area contributed by atoms with Gasteiger partial charge in [0.15, 0.2) is 5.11 Å². The number of ether oxygens (including phenoxy) is 1. The molecule has 0 radical (unpaired) electrons. The zero-order valence-corrected chi connectivity index (χ0v) is 9.08. The standard InChI is InChI=1S/C9H9F3N2OS/c1-15-7-3-2-5(14-8(13)16)4-6(7)9(10,11)12/h2-4H,1H3,(H3,13,14,16). The molecule has 0 heterocycles. The van der Waals surface area contributed by atoms with E-state index in [1.165, 1.54) is 19.2 Å². The fourth-order valence-electron chi connectivity index (χ4n) is 1.15. The molecule has 88 valence electrons. The number of halogens is 3. The first-order valence-electron chi connectivity index (χ1n) is 4.16. The predicted molar refractivity (Wildman–Crippen MR) is 58.4 cm³/mol. The zero-order valence-electron chi connectivity index (χ0n) is 8.26. The second-order valence-corrected chi connectivity index (χ2v) is 3.34. The Kier molecular flexibility index (Phi) is 3.58. The number of nitrogens with two attached hydrogens (primary N) is 1. The second-order valence-electron chi connectivity index (χ2n) is 2.90. The van der Waals surface area contributed by atoms with Crippen LogP contribution in [0.3, 0.4) is 0 Å². The zero-order chi connectivity index (χ0) is 12.3. The van der Waals surface area contributed by atoms with Gasteiger partial charge in [-0.25, -0.2) is 0 Å². The molecule has 0 spiro atoms. The topological polar surface area (TPSA) is 47.3 Å². The largest absolute Gasteiger partial charge is 0.496 e. The Hall–Kier alpha value is -1.50. The van der Waals surface area contributed by atoms with Crippen LogP contribution in [-0.4, -0.2) is 12.2 Å². The number of nitrogens with one attached hydrogen (secondary N) is 1. The minimum absolute atomic E-state index is 0.0988. The molecule has 0 bridgehead atoms. The van der Waals surface area contributed by atoms with Gasteiger partial charge in [0.1, 0.15) is 5.75 Å². The summed E-state index contributed by atoms with van der Waals surface area (Å²) >= 11 is 4.53. The highest BCUT2D eigenvalue weighted by molar-refractivity contribution is 7.80. The Labute approximate surface area is 95.4 Å². The summed E-state index contributed by atoms with van der Waals surface area (Å²) in [5.41, 5.74) is 4.45. The third kappa shape index (κ3) is 2.99. The molecule has 0 saturated carbocycles. The lowest BCUT2D eigenvalue weighted by atomic mass is 10.1. The van der Waals surface area contributed by atoms with Gasteiger partial charge in [-0.2, -0.15) is 13.2 Å². The van der Waals surface area contributed by atoms with Crippen LogP contribution >= 0.6 is 12.2 Å². The van der Waals surface area contributed by atoms with E-state index in [1.807, 2.05) is 0 Å². The van der Waals surface area contributed by atoms with Crippen LogP contribution in [0.2, 0.25) is 0 Å². The lowest BCUT2D eigenvalue weighted by Gasteiger charge is -2.13. The Balaban J connectivity index is 3.16. The monoisotopic (exact) mass is 250 g/mol. The van der Waals surface area contributed by atoms with Gasteiger partial charge in [-0.1, -0.05) is 0 Å². The van der Waals surface area contributed by atoms with Crippen LogP contribution in [0.1, 0.15) is 5.56 Å². The van der Waals surface area contributed by atoms with Gasteiger partial charge >= 0.3 is 6.18 Å². The lowest BCUT2D eigenvalue weighted by molar-refractivity contribution is -0.138. The Morgan fingerprint density at radius 2 is 2.06 bits per heavy atom. The van der Waals surface area contributed by atoms with Crippen molar-refractivity contribution in [3.8, 4) is 5.75 Å².